The van der Waals surface area contributed by atoms with E-state index in [-0.39, 0.29) is 24.3 Å². The first-order valence-electron chi connectivity index (χ1n) is 14.4. The third-order valence-corrected chi connectivity index (χ3v) is 7.47. The summed E-state index contributed by atoms with van der Waals surface area (Å²) < 4.78 is 66.9. The van der Waals surface area contributed by atoms with Crippen LogP contribution in [0.15, 0.2) is 30.5 Å². The van der Waals surface area contributed by atoms with Gasteiger partial charge in [0.2, 0.25) is 5.75 Å². The largest absolute Gasteiger partial charge is 0.493 e. The number of nitrogens with zero attached hydrogens (tertiary/aromatic N) is 3. The van der Waals surface area contributed by atoms with Crippen LogP contribution in [-0.4, -0.2) is 99.5 Å². The minimum atomic E-state index is -4.60. The molecule has 1 saturated heterocycles. The topological polar surface area (TPSA) is 99.7 Å². The van der Waals surface area contributed by atoms with Crippen LogP contribution in [0.2, 0.25) is 0 Å². The molecule has 236 valence electrons. The summed E-state index contributed by atoms with van der Waals surface area (Å²) in [5.41, 5.74) is -0.855. The van der Waals surface area contributed by atoms with Gasteiger partial charge in [-0.3, -0.25) is 4.98 Å². The molecule has 0 amide bonds. The van der Waals surface area contributed by atoms with Crippen LogP contribution in [0.25, 0.3) is 0 Å². The van der Waals surface area contributed by atoms with E-state index in [4.69, 9.17) is 23.7 Å². The highest BCUT2D eigenvalue weighted by molar-refractivity contribution is 5.91. The third kappa shape index (κ3) is 9.20. The Morgan fingerprint density at radius 2 is 1.63 bits per heavy atom. The number of pyridine rings is 1. The Bertz CT molecular complexity index is 1230. The zero-order valence-corrected chi connectivity index (χ0v) is 24.5. The highest BCUT2D eigenvalue weighted by atomic mass is 19.4. The van der Waals surface area contributed by atoms with E-state index in [2.05, 4.69) is 14.8 Å². The Hall–Kier alpha value is -3.58. The van der Waals surface area contributed by atoms with Crippen LogP contribution in [0.4, 0.5) is 13.2 Å². The number of esters is 2. The number of fused-ring (bicyclic) bond motifs is 5. The van der Waals surface area contributed by atoms with E-state index >= 15 is 0 Å². The molecule has 4 rings (SSSR count). The van der Waals surface area contributed by atoms with Crippen molar-refractivity contribution in [2.75, 3.05) is 66.7 Å². The lowest BCUT2D eigenvalue weighted by molar-refractivity contribution is -0.141. The van der Waals surface area contributed by atoms with E-state index in [0.717, 1.165) is 57.5 Å². The maximum absolute atomic E-state index is 12.9. The smallest absolute Gasteiger partial charge is 0.433 e. The van der Waals surface area contributed by atoms with E-state index < -0.39 is 29.9 Å². The molecule has 0 radical (unpaired) electrons. The van der Waals surface area contributed by atoms with Gasteiger partial charge >= 0.3 is 18.1 Å². The highest BCUT2D eigenvalue weighted by Gasteiger charge is 2.32. The maximum Gasteiger partial charge on any atom is 0.433 e. The van der Waals surface area contributed by atoms with Crippen molar-refractivity contribution in [1.29, 1.82) is 0 Å². The number of ether oxygens (including phenoxy) is 5. The molecule has 1 aromatic heterocycles. The standard InChI is InChI=1S/C30H38F3N3O7/c1-39-24-18-22-19-25(27(24)40-2)41-16-3-6-23(43-29(38)21-7-8-26(34-20-21)30(31,32)33)9-13-36-11-4-10-35(14-15-36)12-5-17-42-28(22)37/h7-8,18-20,23H,3-6,9-17H2,1-2H3. The second-order valence-electron chi connectivity index (χ2n) is 10.5. The van der Waals surface area contributed by atoms with Gasteiger partial charge in [-0.05, 0) is 69.5 Å². The van der Waals surface area contributed by atoms with Gasteiger partial charge < -0.3 is 33.5 Å². The normalized spacial score (nSPS) is 22.5. The Morgan fingerprint density at radius 3 is 2.30 bits per heavy atom. The summed E-state index contributed by atoms with van der Waals surface area (Å²) in [6.45, 7) is 5.53. The van der Waals surface area contributed by atoms with Crippen molar-refractivity contribution < 1.29 is 46.4 Å². The van der Waals surface area contributed by atoms with Gasteiger partial charge in [-0.15, -0.1) is 0 Å². The molecular weight excluding hydrogens is 571 g/mol. The molecule has 3 unspecified atom stereocenters. The first-order valence-corrected chi connectivity index (χ1v) is 14.4. The fourth-order valence-electron chi connectivity index (χ4n) is 5.15. The molecule has 0 saturated carbocycles. The number of methoxy groups -OCH3 is 2. The third-order valence-electron chi connectivity index (χ3n) is 7.47. The van der Waals surface area contributed by atoms with Crippen molar-refractivity contribution in [2.45, 2.75) is 44.4 Å². The molecule has 3 atom stereocenters. The predicted octanol–water partition coefficient (Wildman–Crippen LogP) is 4.46. The SMILES string of the molecule is COc1cc2cc(c1OC)OCCCC(OC(=O)c1ccc(C(F)(F)F)nc1)CCN1CCCN(CCCOC2=O)CC1. The summed E-state index contributed by atoms with van der Waals surface area (Å²) >= 11 is 0. The van der Waals surface area contributed by atoms with Crippen molar-refractivity contribution in [3.63, 3.8) is 0 Å². The number of halogens is 3. The number of carbonyl (C=O) groups is 2. The van der Waals surface area contributed by atoms with Gasteiger partial charge in [-0.1, -0.05) is 0 Å². The van der Waals surface area contributed by atoms with E-state index in [1.807, 2.05) is 0 Å². The van der Waals surface area contributed by atoms with Crippen molar-refractivity contribution in [3.05, 3.63) is 47.3 Å². The molecule has 1 aromatic carbocycles. The van der Waals surface area contributed by atoms with Crippen molar-refractivity contribution >= 4 is 11.9 Å². The number of carbonyl (C=O) groups excluding carboxylic acids is 2. The predicted molar refractivity (Wildman–Crippen MR) is 150 cm³/mol. The first-order chi connectivity index (χ1) is 20.7. The molecule has 2 aliphatic rings. The number of benzene rings is 1. The lowest BCUT2D eigenvalue weighted by Crippen LogP contribution is -2.34. The molecule has 0 N–H and O–H groups in total. The average Bonchev–Trinajstić information content (AvgIpc) is 3.23. The van der Waals surface area contributed by atoms with Crippen molar-refractivity contribution in [2.24, 2.45) is 0 Å². The van der Waals surface area contributed by atoms with Crippen molar-refractivity contribution in [1.82, 2.24) is 14.8 Å². The number of cyclic esters (lactones) is 1. The molecule has 4 bridgehead atoms. The number of hydrogen-bond donors (Lipinski definition) is 0. The Labute approximate surface area is 249 Å². The zero-order chi connectivity index (χ0) is 30.8. The molecule has 0 aliphatic carbocycles. The first kappa shape index (κ1) is 32.3. The van der Waals surface area contributed by atoms with E-state index in [0.29, 0.717) is 49.5 Å². The molecule has 43 heavy (non-hydrogen) atoms. The Kier molecular flexibility index (Phi) is 11.5. The Morgan fingerprint density at radius 1 is 0.907 bits per heavy atom. The summed E-state index contributed by atoms with van der Waals surface area (Å²) in [6.07, 6.45) is -1.06. The highest BCUT2D eigenvalue weighted by Crippen LogP contribution is 2.39. The number of rotatable bonds is 4. The van der Waals surface area contributed by atoms with Crippen molar-refractivity contribution in [3.8, 4) is 17.2 Å². The summed E-state index contributed by atoms with van der Waals surface area (Å²) in [5.74, 6) is -0.261. The van der Waals surface area contributed by atoms with Crippen LogP contribution in [-0.2, 0) is 15.7 Å². The fraction of sp³-hybridized carbons (Fsp3) is 0.567. The number of aromatic nitrogens is 1. The molecule has 1 fully saturated rings. The number of hydrogen-bond acceptors (Lipinski definition) is 10. The van der Waals surface area contributed by atoms with Gasteiger partial charge in [-0.2, -0.15) is 13.2 Å². The minimum Gasteiger partial charge on any atom is -0.493 e. The van der Waals surface area contributed by atoms with Gasteiger partial charge in [0.25, 0.3) is 0 Å². The van der Waals surface area contributed by atoms with E-state index in [9.17, 15) is 22.8 Å². The summed E-state index contributed by atoms with van der Waals surface area (Å²) in [7, 11) is 2.93. The van der Waals surface area contributed by atoms with E-state index in [1.54, 1.807) is 12.1 Å². The summed E-state index contributed by atoms with van der Waals surface area (Å²) in [5, 5.41) is 0. The van der Waals surface area contributed by atoms with Crippen LogP contribution in [0.1, 0.15) is 58.5 Å². The Balaban J connectivity index is 1.50. The molecule has 13 heteroatoms. The van der Waals surface area contributed by atoms with Crippen LogP contribution in [0.3, 0.4) is 0 Å². The summed E-state index contributed by atoms with van der Waals surface area (Å²) in [6, 6.07) is 4.94. The zero-order valence-electron chi connectivity index (χ0n) is 24.5. The average molecular weight is 610 g/mol. The molecular formula is C30H38F3N3O7. The molecule has 2 aromatic rings. The van der Waals surface area contributed by atoms with Gasteiger partial charge in [0.1, 0.15) is 11.8 Å². The molecule has 2 aliphatic heterocycles. The minimum absolute atomic E-state index is 0.0503. The lowest BCUT2D eigenvalue weighted by Gasteiger charge is -2.24. The number of alkyl halides is 3. The quantitative estimate of drug-likeness (QED) is 0.462. The van der Waals surface area contributed by atoms with Gasteiger partial charge in [0.15, 0.2) is 11.5 Å². The maximum atomic E-state index is 12.9. The molecule has 3 heterocycles. The van der Waals surface area contributed by atoms with Crippen LogP contribution >= 0.6 is 0 Å². The molecule has 10 nitrogen and oxygen atoms in total. The summed E-state index contributed by atoms with van der Waals surface area (Å²) in [4.78, 5) is 33.8. The van der Waals surface area contributed by atoms with Gasteiger partial charge in [0.05, 0.1) is 38.6 Å². The van der Waals surface area contributed by atoms with Crippen LogP contribution in [0.5, 0.6) is 17.2 Å². The second kappa shape index (κ2) is 15.2. The monoisotopic (exact) mass is 609 g/mol. The van der Waals surface area contributed by atoms with Gasteiger partial charge in [-0.25, -0.2) is 9.59 Å². The lowest BCUT2D eigenvalue weighted by atomic mass is 10.1. The van der Waals surface area contributed by atoms with Gasteiger partial charge in [0, 0.05) is 32.4 Å². The van der Waals surface area contributed by atoms with Crippen LogP contribution < -0.4 is 14.2 Å². The fourth-order valence-corrected chi connectivity index (χ4v) is 5.15. The van der Waals surface area contributed by atoms with E-state index in [1.165, 1.54) is 14.2 Å². The van der Waals surface area contributed by atoms with Crippen LogP contribution in [0, 0.1) is 0 Å². The molecule has 0 spiro atoms. The second-order valence-corrected chi connectivity index (χ2v) is 10.5.